The molecule has 2 aromatic heterocycles. The summed E-state index contributed by atoms with van der Waals surface area (Å²) in [5.41, 5.74) is 0.792. The maximum atomic E-state index is 4.09. The van der Waals surface area contributed by atoms with Crippen molar-refractivity contribution in [3.8, 4) is 0 Å². The van der Waals surface area contributed by atoms with E-state index in [0.29, 0.717) is 5.95 Å². The molecule has 0 spiro atoms. The molecule has 2 aromatic rings. The Morgan fingerprint density at radius 2 is 1.71 bits per heavy atom. The standard InChI is InChI=1S/C10H8N4/c1-2-5-11-9(4-1)8-14-10-12-6-3-7-13-10/h1-8H. The Labute approximate surface area is 81.4 Å². The molecule has 68 valence electrons. The number of nitrogens with zero attached hydrogens (tertiary/aromatic N) is 4. The van der Waals surface area contributed by atoms with Crippen LogP contribution in [-0.2, 0) is 0 Å². The number of rotatable bonds is 2. The zero-order chi connectivity index (χ0) is 9.64. The summed E-state index contributed by atoms with van der Waals surface area (Å²) in [7, 11) is 0. The van der Waals surface area contributed by atoms with Gasteiger partial charge in [0.25, 0.3) is 0 Å². The molecule has 0 saturated heterocycles. The first-order valence-corrected chi connectivity index (χ1v) is 4.17. The van der Waals surface area contributed by atoms with Crippen LogP contribution in [0.3, 0.4) is 0 Å². The first-order valence-electron chi connectivity index (χ1n) is 4.17. The zero-order valence-corrected chi connectivity index (χ0v) is 7.41. The van der Waals surface area contributed by atoms with E-state index in [-0.39, 0.29) is 0 Å². The third kappa shape index (κ3) is 2.20. The van der Waals surface area contributed by atoms with Gasteiger partial charge in [-0.3, -0.25) is 4.98 Å². The van der Waals surface area contributed by atoms with Crippen LogP contribution in [0.15, 0.2) is 47.8 Å². The number of aromatic nitrogens is 3. The molecular formula is C10H8N4. The SMILES string of the molecule is C(=Nc1ncccn1)c1ccccn1. The quantitative estimate of drug-likeness (QED) is 0.666. The van der Waals surface area contributed by atoms with E-state index in [1.165, 1.54) is 0 Å². The summed E-state index contributed by atoms with van der Waals surface area (Å²) in [6.07, 6.45) is 6.65. The molecule has 0 unspecified atom stereocenters. The normalized spacial score (nSPS) is 10.6. The smallest absolute Gasteiger partial charge is 0.249 e. The van der Waals surface area contributed by atoms with Crippen LogP contribution in [0.1, 0.15) is 5.69 Å². The Hall–Kier alpha value is -2.10. The molecule has 2 rings (SSSR count). The van der Waals surface area contributed by atoms with Gasteiger partial charge < -0.3 is 0 Å². The molecule has 4 nitrogen and oxygen atoms in total. The molecule has 4 heteroatoms. The number of hydrogen-bond donors (Lipinski definition) is 0. The van der Waals surface area contributed by atoms with Crippen LogP contribution in [0.5, 0.6) is 0 Å². The predicted molar refractivity (Wildman–Crippen MR) is 53.5 cm³/mol. The van der Waals surface area contributed by atoms with Gasteiger partial charge in [0.05, 0.1) is 11.9 Å². The maximum Gasteiger partial charge on any atom is 0.249 e. The van der Waals surface area contributed by atoms with E-state index in [0.717, 1.165) is 5.69 Å². The molecule has 0 N–H and O–H groups in total. The van der Waals surface area contributed by atoms with E-state index in [1.807, 2.05) is 18.2 Å². The molecule has 14 heavy (non-hydrogen) atoms. The van der Waals surface area contributed by atoms with Crippen molar-refractivity contribution in [1.82, 2.24) is 15.0 Å². The maximum absolute atomic E-state index is 4.09. The molecule has 0 atom stereocenters. The number of hydrogen-bond acceptors (Lipinski definition) is 4. The first kappa shape index (κ1) is 8.50. The Kier molecular flexibility index (Phi) is 2.56. The highest BCUT2D eigenvalue weighted by atomic mass is 15.0. The molecule has 0 saturated carbocycles. The Morgan fingerprint density at radius 1 is 0.929 bits per heavy atom. The van der Waals surface area contributed by atoms with Crippen LogP contribution in [-0.4, -0.2) is 21.2 Å². The lowest BCUT2D eigenvalue weighted by atomic mass is 10.4. The van der Waals surface area contributed by atoms with Crippen molar-refractivity contribution in [2.75, 3.05) is 0 Å². The van der Waals surface area contributed by atoms with Crippen molar-refractivity contribution in [2.45, 2.75) is 0 Å². The average molecular weight is 184 g/mol. The van der Waals surface area contributed by atoms with E-state index >= 15 is 0 Å². The fraction of sp³-hybridized carbons (Fsp3) is 0. The van der Waals surface area contributed by atoms with Crippen molar-refractivity contribution in [1.29, 1.82) is 0 Å². The average Bonchev–Trinajstić information content (AvgIpc) is 2.29. The van der Waals surface area contributed by atoms with Gasteiger partial charge in [0.1, 0.15) is 0 Å². The van der Waals surface area contributed by atoms with Gasteiger partial charge in [-0.05, 0) is 18.2 Å². The van der Waals surface area contributed by atoms with Crippen LogP contribution in [0, 0.1) is 0 Å². The third-order valence-electron chi connectivity index (χ3n) is 1.55. The second kappa shape index (κ2) is 4.23. The Balaban J connectivity index is 2.16. The molecule has 0 amide bonds. The molecule has 0 aliphatic rings. The van der Waals surface area contributed by atoms with Gasteiger partial charge in [-0.25, -0.2) is 15.0 Å². The molecule has 0 aliphatic carbocycles. The van der Waals surface area contributed by atoms with Crippen LogP contribution < -0.4 is 0 Å². The second-order valence-electron chi connectivity index (χ2n) is 2.56. The van der Waals surface area contributed by atoms with Gasteiger partial charge in [-0.15, -0.1) is 0 Å². The van der Waals surface area contributed by atoms with Crippen molar-refractivity contribution < 1.29 is 0 Å². The Bertz CT molecular complexity index is 369. The fourth-order valence-electron chi connectivity index (χ4n) is 0.934. The molecule has 0 aliphatic heterocycles. The van der Waals surface area contributed by atoms with E-state index in [4.69, 9.17) is 0 Å². The minimum absolute atomic E-state index is 0.443. The summed E-state index contributed by atoms with van der Waals surface area (Å²) in [5, 5.41) is 0. The van der Waals surface area contributed by atoms with Crippen molar-refractivity contribution in [3.63, 3.8) is 0 Å². The summed E-state index contributed by atoms with van der Waals surface area (Å²) in [6.45, 7) is 0. The second-order valence-corrected chi connectivity index (χ2v) is 2.56. The zero-order valence-electron chi connectivity index (χ0n) is 7.41. The summed E-state index contributed by atoms with van der Waals surface area (Å²) >= 11 is 0. The van der Waals surface area contributed by atoms with Gasteiger partial charge in [-0.2, -0.15) is 0 Å². The van der Waals surface area contributed by atoms with Gasteiger partial charge in [0.15, 0.2) is 0 Å². The lowest BCUT2D eigenvalue weighted by Gasteiger charge is -1.90. The van der Waals surface area contributed by atoms with Gasteiger partial charge in [0.2, 0.25) is 5.95 Å². The van der Waals surface area contributed by atoms with Crippen LogP contribution in [0.4, 0.5) is 5.95 Å². The highest BCUT2D eigenvalue weighted by molar-refractivity contribution is 5.78. The summed E-state index contributed by atoms with van der Waals surface area (Å²) in [4.78, 5) is 16.1. The molecule has 2 heterocycles. The van der Waals surface area contributed by atoms with Crippen LogP contribution in [0.2, 0.25) is 0 Å². The monoisotopic (exact) mass is 184 g/mol. The summed E-state index contributed by atoms with van der Waals surface area (Å²) in [6, 6.07) is 7.38. The lowest BCUT2D eigenvalue weighted by molar-refractivity contribution is 1.14. The van der Waals surface area contributed by atoms with Crippen molar-refractivity contribution in [2.24, 2.45) is 4.99 Å². The highest BCUT2D eigenvalue weighted by Gasteiger charge is 1.88. The van der Waals surface area contributed by atoms with E-state index < -0.39 is 0 Å². The predicted octanol–water partition coefficient (Wildman–Crippen LogP) is 1.62. The topological polar surface area (TPSA) is 51.0 Å². The van der Waals surface area contributed by atoms with E-state index in [1.54, 1.807) is 30.9 Å². The molecule has 0 fully saturated rings. The summed E-state index contributed by atoms with van der Waals surface area (Å²) < 4.78 is 0. The van der Waals surface area contributed by atoms with Gasteiger partial charge in [-0.1, -0.05) is 6.07 Å². The van der Waals surface area contributed by atoms with E-state index in [9.17, 15) is 0 Å². The first-order chi connectivity index (χ1) is 6.95. The van der Waals surface area contributed by atoms with Gasteiger partial charge >= 0.3 is 0 Å². The highest BCUT2D eigenvalue weighted by Crippen LogP contribution is 1.99. The largest absolute Gasteiger partial charge is 0.255 e. The van der Waals surface area contributed by atoms with Crippen molar-refractivity contribution >= 4 is 12.2 Å². The van der Waals surface area contributed by atoms with E-state index in [2.05, 4.69) is 19.9 Å². The summed E-state index contributed by atoms with van der Waals surface area (Å²) in [5.74, 6) is 0.443. The lowest BCUT2D eigenvalue weighted by Crippen LogP contribution is -1.85. The Morgan fingerprint density at radius 3 is 2.43 bits per heavy atom. The fourth-order valence-corrected chi connectivity index (χ4v) is 0.934. The number of pyridine rings is 1. The van der Waals surface area contributed by atoms with Gasteiger partial charge in [0, 0.05) is 18.6 Å². The van der Waals surface area contributed by atoms with Crippen molar-refractivity contribution in [3.05, 3.63) is 48.5 Å². The third-order valence-corrected chi connectivity index (χ3v) is 1.55. The molecule has 0 aromatic carbocycles. The molecule has 0 bridgehead atoms. The molecule has 0 radical (unpaired) electrons. The van der Waals surface area contributed by atoms with Crippen LogP contribution in [0.25, 0.3) is 0 Å². The van der Waals surface area contributed by atoms with Crippen LogP contribution >= 0.6 is 0 Å². The minimum atomic E-state index is 0.443. The minimum Gasteiger partial charge on any atom is -0.255 e. The molecular weight excluding hydrogens is 176 g/mol. The number of aliphatic imine (C=N–C) groups is 1.